The van der Waals surface area contributed by atoms with Crippen LogP contribution in [-0.2, 0) is 20.7 Å². The number of aromatic nitrogens is 2. The molecule has 1 aliphatic heterocycles. The van der Waals surface area contributed by atoms with Crippen LogP contribution in [0.5, 0.6) is 0 Å². The molecule has 2 aromatic heterocycles. The van der Waals surface area contributed by atoms with E-state index in [-0.39, 0.29) is 41.0 Å². The van der Waals surface area contributed by atoms with Crippen molar-refractivity contribution < 1.29 is 27.9 Å². The maximum Gasteiger partial charge on any atom is 0.335 e. The summed E-state index contributed by atoms with van der Waals surface area (Å²) < 4.78 is 30.2. The number of anilines is 1. The number of nitrogens with one attached hydrogen (secondary N) is 1. The lowest BCUT2D eigenvalue weighted by Gasteiger charge is -2.31. The van der Waals surface area contributed by atoms with Crippen molar-refractivity contribution in [3.8, 4) is 0 Å². The number of halogens is 1. The molecule has 0 saturated carbocycles. The molecule has 0 bridgehead atoms. The standard InChI is InChI=1S/C23H22BrN5O6S/c1-13-20(21(25)30)15-11-14(23(32)33)8-9-16(15)28(13)12-36(34,35)29-10-3-2-5-17(29)22(31)27-19-7-4-6-18(24)26-19/h2-4,6-9,11,17H,5,10,12H2,1H3,(H2,25,30)(H,32,33)(H,26,27,31)/t17-/m0/s1. The van der Waals surface area contributed by atoms with E-state index in [2.05, 4.69) is 26.2 Å². The zero-order valence-electron chi connectivity index (χ0n) is 19.0. The van der Waals surface area contributed by atoms with Crippen LogP contribution in [0.25, 0.3) is 10.9 Å². The first kappa shape index (κ1) is 25.5. The minimum Gasteiger partial charge on any atom is -0.478 e. The largest absolute Gasteiger partial charge is 0.478 e. The highest BCUT2D eigenvalue weighted by molar-refractivity contribution is 9.10. The summed E-state index contributed by atoms with van der Waals surface area (Å²) in [5.41, 5.74) is 6.12. The summed E-state index contributed by atoms with van der Waals surface area (Å²) >= 11 is 3.23. The summed E-state index contributed by atoms with van der Waals surface area (Å²) in [6.07, 6.45) is 3.56. The van der Waals surface area contributed by atoms with Crippen LogP contribution in [0.4, 0.5) is 5.82 Å². The molecule has 2 amide bonds. The number of carbonyl (C=O) groups is 3. The van der Waals surface area contributed by atoms with E-state index in [1.807, 2.05) is 0 Å². The summed E-state index contributed by atoms with van der Waals surface area (Å²) in [5, 5.41) is 12.2. The molecule has 3 aromatic rings. The molecule has 0 saturated heterocycles. The Morgan fingerprint density at radius 3 is 2.64 bits per heavy atom. The quantitative estimate of drug-likeness (QED) is 0.287. The van der Waals surface area contributed by atoms with E-state index in [1.54, 1.807) is 30.4 Å². The molecule has 0 spiro atoms. The van der Waals surface area contributed by atoms with Crippen molar-refractivity contribution in [2.45, 2.75) is 25.3 Å². The lowest BCUT2D eigenvalue weighted by molar-refractivity contribution is -0.119. The van der Waals surface area contributed by atoms with Gasteiger partial charge in [-0.15, -0.1) is 0 Å². The van der Waals surface area contributed by atoms with E-state index in [0.717, 1.165) is 4.31 Å². The summed E-state index contributed by atoms with van der Waals surface area (Å²) in [6.45, 7) is 1.52. The number of nitrogens with zero attached hydrogens (tertiary/aromatic N) is 3. The highest BCUT2D eigenvalue weighted by atomic mass is 79.9. The number of nitrogens with two attached hydrogens (primary N) is 1. The number of benzene rings is 1. The normalized spacial score (nSPS) is 16.2. The zero-order chi connectivity index (χ0) is 26.2. The van der Waals surface area contributed by atoms with Gasteiger partial charge in [-0.1, -0.05) is 18.2 Å². The molecule has 0 fully saturated rings. The first-order valence-electron chi connectivity index (χ1n) is 10.7. The van der Waals surface area contributed by atoms with Gasteiger partial charge >= 0.3 is 5.97 Å². The van der Waals surface area contributed by atoms with Gasteiger partial charge in [0.15, 0.2) is 0 Å². The van der Waals surface area contributed by atoms with Crippen LogP contribution >= 0.6 is 15.9 Å². The van der Waals surface area contributed by atoms with Gasteiger partial charge in [0.1, 0.15) is 22.3 Å². The van der Waals surface area contributed by atoms with Crippen molar-refractivity contribution in [3.63, 3.8) is 0 Å². The molecule has 1 aliphatic rings. The van der Waals surface area contributed by atoms with E-state index >= 15 is 0 Å². The third kappa shape index (κ3) is 4.90. The summed E-state index contributed by atoms with van der Waals surface area (Å²) in [7, 11) is -4.10. The highest BCUT2D eigenvalue weighted by Gasteiger charge is 2.36. The number of hydrogen-bond donors (Lipinski definition) is 3. The van der Waals surface area contributed by atoms with Crippen LogP contribution in [-0.4, -0.2) is 57.8 Å². The van der Waals surface area contributed by atoms with E-state index in [4.69, 9.17) is 5.73 Å². The van der Waals surface area contributed by atoms with Gasteiger partial charge in [0, 0.05) is 17.6 Å². The predicted molar refractivity (Wildman–Crippen MR) is 136 cm³/mol. The van der Waals surface area contributed by atoms with Gasteiger partial charge in [-0.2, -0.15) is 4.31 Å². The van der Waals surface area contributed by atoms with Crippen molar-refractivity contribution in [3.05, 3.63) is 70.0 Å². The number of amides is 2. The van der Waals surface area contributed by atoms with Gasteiger partial charge in [0.05, 0.1) is 16.6 Å². The van der Waals surface area contributed by atoms with E-state index in [1.165, 1.54) is 29.7 Å². The first-order valence-corrected chi connectivity index (χ1v) is 13.1. The van der Waals surface area contributed by atoms with Gasteiger partial charge in [-0.25, -0.2) is 18.2 Å². The number of hydrogen-bond acceptors (Lipinski definition) is 6. The number of fused-ring (bicyclic) bond motifs is 1. The molecule has 3 heterocycles. The molecule has 36 heavy (non-hydrogen) atoms. The monoisotopic (exact) mass is 575 g/mol. The number of carboxylic acid groups (broad SMARTS) is 1. The molecular weight excluding hydrogens is 554 g/mol. The van der Waals surface area contributed by atoms with Crippen molar-refractivity contribution in [1.29, 1.82) is 0 Å². The molecule has 13 heteroatoms. The maximum absolute atomic E-state index is 13.6. The molecule has 1 aromatic carbocycles. The smallest absolute Gasteiger partial charge is 0.335 e. The fraction of sp³-hybridized carbons (Fsp3) is 0.217. The van der Waals surface area contributed by atoms with E-state index in [0.29, 0.717) is 10.1 Å². The van der Waals surface area contributed by atoms with Crippen molar-refractivity contribution in [2.75, 3.05) is 11.9 Å². The number of pyridine rings is 1. The molecule has 4 rings (SSSR count). The Labute approximate surface area is 214 Å². The first-order chi connectivity index (χ1) is 17.0. The van der Waals surface area contributed by atoms with Crippen LogP contribution in [0.2, 0.25) is 0 Å². The Bertz CT molecular complexity index is 1530. The van der Waals surface area contributed by atoms with Gasteiger partial charge in [0.25, 0.3) is 5.91 Å². The zero-order valence-corrected chi connectivity index (χ0v) is 21.4. The second kappa shape index (κ2) is 9.84. The second-order valence-corrected chi connectivity index (χ2v) is 10.9. The second-order valence-electron chi connectivity index (χ2n) is 8.16. The van der Waals surface area contributed by atoms with Crippen LogP contribution in [0.3, 0.4) is 0 Å². The fourth-order valence-corrected chi connectivity index (χ4v) is 6.24. The number of primary amides is 1. The van der Waals surface area contributed by atoms with Crippen LogP contribution in [0.1, 0.15) is 32.8 Å². The number of aromatic carboxylic acids is 1. The maximum atomic E-state index is 13.6. The predicted octanol–water partition coefficient (Wildman–Crippen LogP) is 2.46. The Morgan fingerprint density at radius 1 is 1.22 bits per heavy atom. The SMILES string of the molecule is Cc1c(C(N)=O)c2cc(C(=O)O)ccc2n1CS(=O)(=O)N1CC=CC[C@H]1C(=O)Nc1cccc(Br)n1. The van der Waals surface area contributed by atoms with Crippen molar-refractivity contribution >= 4 is 60.5 Å². The minimum atomic E-state index is -4.10. The van der Waals surface area contributed by atoms with Crippen molar-refractivity contribution in [1.82, 2.24) is 13.9 Å². The highest BCUT2D eigenvalue weighted by Crippen LogP contribution is 2.29. The van der Waals surface area contributed by atoms with Gasteiger partial charge in [0.2, 0.25) is 15.9 Å². The Hall–Kier alpha value is -3.55. The molecule has 11 nitrogen and oxygen atoms in total. The number of carbonyl (C=O) groups excluding carboxylic acids is 2. The van der Waals surface area contributed by atoms with Gasteiger partial charge < -0.3 is 20.7 Å². The molecular formula is C23H22BrN5O6S. The molecule has 0 aliphatic carbocycles. The molecule has 188 valence electrons. The van der Waals surface area contributed by atoms with Crippen LogP contribution in [0.15, 0.2) is 53.2 Å². The number of sulfonamides is 1. The van der Waals surface area contributed by atoms with Gasteiger partial charge in [-0.05, 0) is 59.6 Å². The number of carboxylic acids is 1. The molecule has 1 atom stereocenters. The van der Waals surface area contributed by atoms with Gasteiger partial charge in [-0.3, -0.25) is 9.59 Å². The molecule has 4 N–H and O–H groups in total. The fourth-order valence-electron chi connectivity index (χ4n) is 4.21. The van der Waals surface area contributed by atoms with Crippen LogP contribution < -0.4 is 11.1 Å². The number of rotatable bonds is 7. The Morgan fingerprint density at radius 2 is 1.97 bits per heavy atom. The average Bonchev–Trinajstić information content (AvgIpc) is 3.09. The third-order valence-electron chi connectivity index (χ3n) is 5.89. The van der Waals surface area contributed by atoms with Crippen LogP contribution in [0, 0.1) is 6.92 Å². The third-order valence-corrected chi connectivity index (χ3v) is 8.04. The molecule has 0 radical (unpaired) electrons. The summed E-state index contributed by atoms with van der Waals surface area (Å²) in [4.78, 5) is 40.8. The summed E-state index contributed by atoms with van der Waals surface area (Å²) in [6, 6.07) is 8.01. The van der Waals surface area contributed by atoms with E-state index < -0.39 is 39.7 Å². The average molecular weight is 576 g/mol. The lowest BCUT2D eigenvalue weighted by Crippen LogP contribution is -2.49. The van der Waals surface area contributed by atoms with E-state index in [9.17, 15) is 27.9 Å². The Kier molecular flexibility index (Phi) is 6.98. The Balaban J connectivity index is 1.70. The van der Waals surface area contributed by atoms with Crippen molar-refractivity contribution in [2.24, 2.45) is 5.73 Å². The summed E-state index contributed by atoms with van der Waals surface area (Å²) in [5.74, 6) is -2.85. The minimum absolute atomic E-state index is 0.0174. The topological polar surface area (TPSA) is 165 Å². The molecule has 0 unspecified atom stereocenters. The lowest BCUT2D eigenvalue weighted by atomic mass is 10.1.